The molecule has 3 rings (SSSR count). The van der Waals surface area contributed by atoms with Gasteiger partial charge in [-0.05, 0) is 44.7 Å². The molecule has 0 aliphatic heterocycles. The monoisotopic (exact) mass is 286 g/mol. The van der Waals surface area contributed by atoms with Crippen molar-refractivity contribution in [1.29, 1.82) is 0 Å². The van der Waals surface area contributed by atoms with Gasteiger partial charge in [0.2, 0.25) is 5.89 Å². The fourth-order valence-corrected chi connectivity index (χ4v) is 2.75. The van der Waals surface area contributed by atoms with Gasteiger partial charge in [0.15, 0.2) is 0 Å². The summed E-state index contributed by atoms with van der Waals surface area (Å²) in [5, 5.41) is 13.0. The van der Waals surface area contributed by atoms with Crippen LogP contribution in [0.15, 0.2) is 34.9 Å². The van der Waals surface area contributed by atoms with Crippen LogP contribution in [0, 0.1) is 6.92 Å². The third kappa shape index (κ3) is 3.71. The van der Waals surface area contributed by atoms with Gasteiger partial charge in [0.1, 0.15) is 6.26 Å². The number of nitrogens with zero attached hydrogens (tertiary/aromatic N) is 1. The summed E-state index contributed by atoms with van der Waals surface area (Å²) in [7, 11) is 0. The minimum atomic E-state index is -0.108. The summed E-state index contributed by atoms with van der Waals surface area (Å²) in [4.78, 5) is 4.53. The van der Waals surface area contributed by atoms with Crippen LogP contribution in [0.25, 0.3) is 11.5 Å². The summed E-state index contributed by atoms with van der Waals surface area (Å²) >= 11 is 0. The van der Waals surface area contributed by atoms with Crippen molar-refractivity contribution in [2.45, 2.75) is 51.3 Å². The van der Waals surface area contributed by atoms with E-state index in [1.807, 2.05) is 12.1 Å². The molecule has 1 aromatic heterocycles. The third-order valence-electron chi connectivity index (χ3n) is 4.12. The minimum absolute atomic E-state index is 0.108. The van der Waals surface area contributed by atoms with Gasteiger partial charge in [-0.3, -0.25) is 0 Å². The highest BCUT2D eigenvalue weighted by atomic mass is 16.3. The summed E-state index contributed by atoms with van der Waals surface area (Å²) in [6.45, 7) is 2.78. The molecule has 0 unspecified atom stereocenters. The topological polar surface area (TPSA) is 58.3 Å². The molecule has 4 nitrogen and oxygen atoms in total. The summed E-state index contributed by atoms with van der Waals surface area (Å²) < 4.78 is 5.56. The number of oxazole rings is 1. The number of aliphatic hydroxyl groups is 1. The molecule has 0 radical (unpaired) electrons. The van der Waals surface area contributed by atoms with E-state index in [0.29, 0.717) is 11.9 Å². The minimum Gasteiger partial charge on any atom is -0.444 e. The highest BCUT2D eigenvalue weighted by Gasteiger charge is 2.19. The van der Waals surface area contributed by atoms with E-state index in [4.69, 9.17) is 4.42 Å². The van der Waals surface area contributed by atoms with Crippen LogP contribution in [-0.4, -0.2) is 22.2 Å². The average Bonchev–Trinajstić information content (AvgIpc) is 2.96. The first-order valence-electron chi connectivity index (χ1n) is 7.63. The molecule has 1 aromatic carbocycles. The normalized spacial score (nSPS) is 22.4. The first kappa shape index (κ1) is 14.3. The molecule has 1 aliphatic rings. The van der Waals surface area contributed by atoms with E-state index in [-0.39, 0.29) is 6.10 Å². The quantitative estimate of drug-likeness (QED) is 0.907. The predicted octanol–water partition coefficient (Wildman–Crippen LogP) is 3.04. The van der Waals surface area contributed by atoms with E-state index in [2.05, 4.69) is 29.4 Å². The van der Waals surface area contributed by atoms with Gasteiger partial charge in [0.25, 0.3) is 0 Å². The maximum Gasteiger partial charge on any atom is 0.226 e. The number of hydrogen-bond acceptors (Lipinski definition) is 4. The molecule has 0 saturated heterocycles. The van der Waals surface area contributed by atoms with Crippen molar-refractivity contribution in [3.05, 3.63) is 41.8 Å². The van der Waals surface area contributed by atoms with Crippen LogP contribution in [0.4, 0.5) is 0 Å². The van der Waals surface area contributed by atoms with Gasteiger partial charge in [-0.1, -0.05) is 17.7 Å². The van der Waals surface area contributed by atoms with Crippen molar-refractivity contribution < 1.29 is 9.52 Å². The maximum atomic E-state index is 9.51. The smallest absolute Gasteiger partial charge is 0.226 e. The van der Waals surface area contributed by atoms with Crippen LogP contribution in [0.5, 0.6) is 0 Å². The van der Waals surface area contributed by atoms with Crippen molar-refractivity contribution >= 4 is 0 Å². The second kappa shape index (κ2) is 6.41. The van der Waals surface area contributed by atoms with E-state index >= 15 is 0 Å². The lowest BCUT2D eigenvalue weighted by atomic mass is 9.93. The first-order chi connectivity index (χ1) is 10.2. The molecule has 2 aromatic rings. The lowest BCUT2D eigenvalue weighted by molar-refractivity contribution is 0.116. The average molecular weight is 286 g/mol. The molecule has 2 N–H and O–H groups in total. The summed E-state index contributed by atoms with van der Waals surface area (Å²) in [6.07, 6.45) is 5.47. The Labute approximate surface area is 125 Å². The fourth-order valence-electron chi connectivity index (χ4n) is 2.75. The zero-order chi connectivity index (χ0) is 14.7. The third-order valence-corrected chi connectivity index (χ3v) is 4.12. The second-order valence-corrected chi connectivity index (χ2v) is 5.90. The van der Waals surface area contributed by atoms with Crippen molar-refractivity contribution in [3.63, 3.8) is 0 Å². The molecule has 0 atom stereocenters. The summed E-state index contributed by atoms with van der Waals surface area (Å²) in [5.41, 5.74) is 3.16. The Bertz CT molecular complexity index is 569. The molecular formula is C17H22N2O2. The molecule has 1 aliphatic carbocycles. The zero-order valence-corrected chi connectivity index (χ0v) is 12.4. The van der Waals surface area contributed by atoms with E-state index < -0.39 is 0 Å². The summed E-state index contributed by atoms with van der Waals surface area (Å²) in [5.74, 6) is 0.672. The lowest BCUT2D eigenvalue weighted by Crippen LogP contribution is -2.34. The van der Waals surface area contributed by atoms with Crippen LogP contribution < -0.4 is 5.32 Å². The van der Waals surface area contributed by atoms with Crippen LogP contribution in [-0.2, 0) is 6.54 Å². The fraction of sp³-hybridized carbons (Fsp3) is 0.471. The first-order valence-corrected chi connectivity index (χ1v) is 7.63. The molecule has 1 saturated carbocycles. The molecule has 112 valence electrons. The van der Waals surface area contributed by atoms with Crippen molar-refractivity contribution in [3.8, 4) is 11.5 Å². The Hall–Kier alpha value is -1.65. The maximum absolute atomic E-state index is 9.51. The van der Waals surface area contributed by atoms with Gasteiger partial charge >= 0.3 is 0 Å². The number of rotatable bonds is 4. The van der Waals surface area contributed by atoms with E-state index in [0.717, 1.165) is 43.5 Å². The number of aryl methyl sites for hydroxylation is 1. The Morgan fingerprint density at radius 2 is 1.90 bits per heavy atom. The van der Waals surface area contributed by atoms with Gasteiger partial charge in [-0.15, -0.1) is 0 Å². The Balaban J connectivity index is 1.56. The van der Waals surface area contributed by atoms with E-state index in [1.165, 1.54) is 5.56 Å². The predicted molar refractivity (Wildman–Crippen MR) is 81.8 cm³/mol. The van der Waals surface area contributed by atoms with E-state index in [1.54, 1.807) is 6.26 Å². The standard InChI is InChI=1S/C17H22N2O2/c1-12-2-4-13(5-3-12)17-19-15(11-21-17)10-18-14-6-8-16(20)9-7-14/h2-5,11,14,16,18,20H,6-10H2,1H3. The molecule has 0 spiro atoms. The van der Waals surface area contributed by atoms with Gasteiger partial charge < -0.3 is 14.8 Å². The van der Waals surface area contributed by atoms with Crippen molar-refractivity contribution in [2.24, 2.45) is 0 Å². The van der Waals surface area contributed by atoms with Gasteiger partial charge in [0, 0.05) is 18.2 Å². The number of aliphatic hydroxyl groups excluding tert-OH is 1. The van der Waals surface area contributed by atoms with Crippen molar-refractivity contribution in [2.75, 3.05) is 0 Å². The van der Waals surface area contributed by atoms with E-state index in [9.17, 15) is 5.11 Å². The Morgan fingerprint density at radius 1 is 1.19 bits per heavy atom. The molecule has 1 heterocycles. The van der Waals surface area contributed by atoms with Crippen LogP contribution in [0.1, 0.15) is 36.9 Å². The van der Waals surface area contributed by atoms with Crippen LogP contribution in [0.3, 0.4) is 0 Å². The largest absolute Gasteiger partial charge is 0.444 e. The Kier molecular flexibility index (Phi) is 4.36. The highest BCUT2D eigenvalue weighted by Crippen LogP contribution is 2.21. The highest BCUT2D eigenvalue weighted by molar-refractivity contribution is 5.53. The molecule has 1 fully saturated rings. The van der Waals surface area contributed by atoms with Gasteiger partial charge in [0.05, 0.1) is 11.8 Å². The van der Waals surface area contributed by atoms with Crippen LogP contribution >= 0.6 is 0 Å². The molecule has 4 heteroatoms. The van der Waals surface area contributed by atoms with Crippen LogP contribution in [0.2, 0.25) is 0 Å². The van der Waals surface area contributed by atoms with Gasteiger partial charge in [-0.25, -0.2) is 4.98 Å². The van der Waals surface area contributed by atoms with Gasteiger partial charge in [-0.2, -0.15) is 0 Å². The lowest BCUT2D eigenvalue weighted by Gasteiger charge is -2.25. The SMILES string of the molecule is Cc1ccc(-c2nc(CNC3CCC(O)CC3)co2)cc1. The number of nitrogens with one attached hydrogen (secondary N) is 1. The van der Waals surface area contributed by atoms with Crippen molar-refractivity contribution in [1.82, 2.24) is 10.3 Å². The number of aromatic nitrogens is 1. The second-order valence-electron chi connectivity index (χ2n) is 5.90. The molecule has 0 bridgehead atoms. The number of benzene rings is 1. The molecule has 21 heavy (non-hydrogen) atoms. The summed E-state index contributed by atoms with van der Waals surface area (Å²) in [6, 6.07) is 8.66. The zero-order valence-electron chi connectivity index (χ0n) is 12.4. The molecular weight excluding hydrogens is 264 g/mol. The number of hydrogen-bond donors (Lipinski definition) is 2. The Morgan fingerprint density at radius 3 is 2.62 bits per heavy atom. The molecule has 0 amide bonds.